The first-order valence-electron chi connectivity index (χ1n) is 7.50. The number of carbonyl (C=O) groups excluding carboxylic acids is 1. The van der Waals surface area contributed by atoms with Crippen LogP contribution in [0, 0.1) is 0 Å². The summed E-state index contributed by atoms with van der Waals surface area (Å²) in [4.78, 5) is 18.0. The summed E-state index contributed by atoms with van der Waals surface area (Å²) < 4.78 is 7.65. The third kappa shape index (κ3) is 2.55. The third-order valence-corrected chi connectivity index (χ3v) is 4.62. The van der Waals surface area contributed by atoms with Crippen LogP contribution in [-0.4, -0.2) is 21.7 Å². The molecule has 0 bridgehead atoms. The van der Waals surface area contributed by atoms with Crippen molar-refractivity contribution in [3.05, 3.63) is 66.2 Å². The fourth-order valence-electron chi connectivity index (χ4n) is 2.72. The molecule has 0 atom stereocenters. The van der Waals surface area contributed by atoms with Crippen LogP contribution in [0.15, 0.2) is 59.8 Å². The number of ether oxygens (including phenoxy) is 1. The molecule has 0 fully saturated rings. The van der Waals surface area contributed by atoms with Gasteiger partial charge in [0.1, 0.15) is 18.7 Å². The molecule has 4 rings (SSSR count). The van der Waals surface area contributed by atoms with E-state index in [4.69, 9.17) is 4.74 Å². The maximum atomic E-state index is 12.6. The van der Waals surface area contributed by atoms with Crippen molar-refractivity contribution in [2.45, 2.75) is 11.5 Å². The van der Waals surface area contributed by atoms with E-state index in [1.54, 1.807) is 18.1 Å². The molecule has 5 nitrogen and oxygen atoms in total. The predicted molar refractivity (Wildman–Crippen MR) is 94.1 cm³/mol. The van der Waals surface area contributed by atoms with Crippen LogP contribution in [0.25, 0.3) is 5.69 Å². The molecule has 1 aliphatic rings. The summed E-state index contributed by atoms with van der Waals surface area (Å²) in [5, 5.41) is 2.91. The first-order valence-corrected chi connectivity index (χ1v) is 8.72. The molecule has 0 aliphatic carbocycles. The van der Waals surface area contributed by atoms with Crippen LogP contribution >= 0.6 is 11.8 Å². The summed E-state index contributed by atoms with van der Waals surface area (Å²) in [6.07, 6.45) is 3.67. The third-order valence-electron chi connectivity index (χ3n) is 3.90. The number of benzene rings is 2. The topological polar surface area (TPSA) is 56.2 Å². The minimum atomic E-state index is -0.231. The number of carbonyl (C=O) groups is 1. The molecule has 1 amide bonds. The summed E-state index contributed by atoms with van der Waals surface area (Å²) in [7, 11) is 0. The predicted octanol–water partition coefficient (Wildman–Crippen LogP) is 3.74. The summed E-state index contributed by atoms with van der Waals surface area (Å²) in [6, 6.07) is 15.4. The van der Waals surface area contributed by atoms with Crippen LogP contribution in [-0.2, 0) is 6.61 Å². The zero-order chi connectivity index (χ0) is 16.5. The summed E-state index contributed by atoms with van der Waals surface area (Å²) in [5.74, 6) is 0.562. The molecule has 0 unspecified atom stereocenters. The van der Waals surface area contributed by atoms with Gasteiger partial charge in [-0.1, -0.05) is 18.2 Å². The van der Waals surface area contributed by atoms with Crippen molar-refractivity contribution >= 4 is 23.4 Å². The van der Waals surface area contributed by atoms with E-state index in [9.17, 15) is 4.79 Å². The molecule has 0 saturated heterocycles. The SMILES string of the molecule is CSc1cccc(NC(=O)c2ncn3c2COc2ccccc2-3)c1. The van der Waals surface area contributed by atoms with Gasteiger partial charge in [0.05, 0.1) is 11.4 Å². The highest BCUT2D eigenvalue weighted by Crippen LogP contribution is 2.30. The number of aromatic nitrogens is 2. The Morgan fingerprint density at radius 2 is 2.12 bits per heavy atom. The van der Waals surface area contributed by atoms with Gasteiger partial charge in [-0.3, -0.25) is 9.36 Å². The average molecular weight is 337 g/mol. The van der Waals surface area contributed by atoms with E-state index in [2.05, 4.69) is 10.3 Å². The van der Waals surface area contributed by atoms with Crippen molar-refractivity contribution in [3.8, 4) is 11.4 Å². The number of amides is 1. The highest BCUT2D eigenvalue weighted by atomic mass is 32.2. The number of para-hydroxylation sites is 2. The number of hydrogen-bond donors (Lipinski definition) is 1. The van der Waals surface area contributed by atoms with Crippen molar-refractivity contribution in [2.24, 2.45) is 0 Å². The Bertz CT molecular complexity index is 920. The van der Waals surface area contributed by atoms with Crippen molar-refractivity contribution in [1.29, 1.82) is 0 Å². The van der Waals surface area contributed by atoms with Crippen LogP contribution in [0.2, 0.25) is 0 Å². The van der Waals surface area contributed by atoms with Crippen LogP contribution in [0.5, 0.6) is 5.75 Å². The maximum absolute atomic E-state index is 12.6. The first kappa shape index (κ1) is 14.8. The van der Waals surface area contributed by atoms with Gasteiger partial charge < -0.3 is 10.1 Å². The Labute approximate surface area is 143 Å². The van der Waals surface area contributed by atoms with Gasteiger partial charge >= 0.3 is 0 Å². The van der Waals surface area contributed by atoms with Gasteiger partial charge in [-0.05, 0) is 36.6 Å². The molecule has 0 spiro atoms. The maximum Gasteiger partial charge on any atom is 0.276 e. The number of hydrogen-bond acceptors (Lipinski definition) is 4. The largest absolute Gasteiger partial charge is 0.485 e. The second-order valence-electron chi connectivity index (χ2n) is 5.35. The standard InChI is InChI=1S/C18H15N3O2S/c1-24-13-6-4-5-12(9-13)20-18(22)17-15-10-23-16-8-3-2-7-14(16)21(15)11-19-17/h2-9,11H,10H2,1H3,(H,20,22). The van der Waals surface area contributed by atoms with E-state index in [1.165, 1.54) is 0 Å². The summed E-state index contributed by atoms with van der Waals surface area (Å²) in [5.41, 5.74) is 2.80. The lowest BCUT2D eigenvalue weighted by molar-refractivity contribution is 0.101. The molecule has 6 heteroatoms. The van der Waals surface area contributed by atoms with Crippen molar-refractivity contribution in [3.63, 3.8) is 0 Å². The van der Waals surface area contributed by atoms with Gasteiger partial charge in [0.25, 0.3) is 5.91 Å². The van der Waals surface area contributed by atoms with Gasteiger partial charge in [-0.2, -0.15) is 0 Å². The van der Waals surface area contributed by atoms with Gasteiger partial charge in [-0.15, -0.1) is 11.8 Å². The van der Waals surface area contributed by atoms with Gasteiger partial charge in [0, 0.05) is 10.6 Å². The van der Waals surface area contributed by atoms with E-state index in [-0.39, 0.29) is 5.91 Å². The molecule has 2 aromatic carbocycles. The molecule has 0 saturated carbocycles. The summed E-state index contributed by atoms with van der Waals surface area (Å²) in [6.45, 7) is 0.324. The zero-order valence-corrected chi connectivity index (χ0v) is 13.8. The molecule has 3 aromatic rings. The lowest BCUT2D eigenvalue weighted by Crippen LogP contribution is -2.19. The Morgan fingerprint density at radius 3 is 3.00 bits per heavy atom. The average Bonchev–Trinajstić information content (AvgIpc) is 3.06. The number of nitrogens with one attached hydrogen (secondary N) is 1. The van der Waals surface area contributed by atoms with E-state index >= 15 is 0 Å². The Hall–Kier alpha value is -2.73. The van der Waals surface area contributed by atoms with E-state index in [1.807, 2.05) is 59.4 Å². The monoisotopic (exact) mass is 337 g/mol. The molecule has 1 aromatic heterocycles. The second-order valence-corrected chi connectivity index (χ2v) is 6.23. The number of nitrogens with zero attached hydrogens (tertiary/aromatic N) is 2. The van der Waals surface area contributed by atoms with Crippen molar-refractivity contribution < 1.29 is 9.53 Å². The summed E-state index contributed by atoms with van der Waals surface area (Å²) >= 11 is 1.63. The van der Waals surface area contributed by atoms with Crippen molar-refractivity contribution in [1.82, 2.24) is 9.55 Å². The number of fused-ring (bicyclic) bond motifs is 3. The molecule has 2 heterocycles. The minimum Gasteiger partial charge on any atom is -0.485 e. The molecule has 24 heavy (non-hydrogen) atoms. The van der Waals surface area contributed by atoms with Gasteiger partial charge in [-0.25, -0.2) is 4.98 Å². The van der Waals surface area contributed by atoms with Crippen LogP contribution < -0.4 is 10.1 Å². The Balaban J connectivity index is 1.64. The zero-order valence-electron chi connectivity index (χ0n) is 13.0. The molecule has 120 valence electrons. The van der Waals surface area contributed by atoms with Crippen molar-refractivity contribution in [2.75, 3.05) is 11.6 Å². The van der Waals surface area contributed by atoms with Crippen LogP contribution in [0.3, 0.4) is 0 Å². The lowest BCUT2D eigenvalue weighted by Gasteiger charge is -2.20. The Morgan fingerprint density at radius 1 is 1.25 bits per heavy atom. The fourth-order valence-corrected chi connectivity index (χ4v) is 3.18. The molecular formula is C18H15N3O2S. The van der Waals surface area contributed by atoms with E-state index < -0.39 is 0 Å². The smallest absolute Gasteiger partial charge is 0.276 e. The van der Waals surface area contributed by atoms with Crippen LogP contribution in [0.1, 0.15) is 16.2 Å². The molecule has 1 N–H and O–H groups in total. The Kier molecular flexibility index (Phi) is 3.74. The quantitative estimate of drug-likeness (QED) is 0.740. The second kappa shape index (κ2) is 6.05. The van der Waals surface area contributed by atoms with Gasteiger partial charge in [0.2, 0.25) is 0 Å². The number of rotatable bonds is 3. The lowest BCUT2D eigenvalue weighted by atomic mass is 10.2. The van der Waals surface area contributed by atoms with Gasteiger partial charge in [0.15, 0.2) is 5.69 Å². The first-order chi connectivity index (χ1) is 11.8. The minimum absolute atomic E-state index is 0.231. The van der Waals surface area contributed by atoms with E-state index in [0.29, 0.717) is 12.3 Å². The molecule has 0 radical (unpaired) electrons. The molecule has 1 aliphatic heterocycles. The number of imidazole rings is 1. The highest BCUT2D eigenvalue weighted by Gasteiger charge is 2.24. The molecular weight excluding hydrogens is 322 g/mol. The fraction of sp³-hybridized carbons (Fsp3) is 0.111. The highest BCUT2D eigenvalue weighted by molar-refractivity contribution is 7.98. The number of anilines is 1. The van der Waals surface area contributed by atoms with Crippen LogP contribution in [0.4, 0.5) is 5.69 Å². The normalized spacial score (nSPS) is 12.0. The number of thioether (sulfide) groups is 1. The van der Waals surface area contributed by atoms with E-state index in [0.717, 1.165) is 27.7 Å².